The van der Waals surface area contributed by atoms with Gasteiger partial charge in [0.2, 0.25) is 0 Å². The molecule has 0 saturated carbocycles. The molecular formula is C17H18N2S. The molecule has 0 amide bonds. The molecule has 1 heterocycles. The fraction of sp³-hybridized carbons (Fsp3) is 0.176. The fourth-order valence-electron chi connectivity index (χ4n) is 2.30. The molecule has 3 aromatic rings. The van der Waals surface area contributed by atoms with Crippen LogP contribution in [0.15, 0.2) is 59.6 Å². The normalized spacial score (nSPS) is 10.8. The first-order valence-electron chi connectivity index (χ1n) is 6.88. The van der Waals surface area contributed by atoms with Crippen LogP contribution in [0.3, 0.4) is 0 Å². The summed E-state index contributed by atoms with van der Waals surface area (Å²) >= 11 is 1.87. The molecule has 0 spiro atoms. The number of anilines is 1. The summed E-state index contributed by atoms with van der Waals surface area (Å²) in [6.07, 6.45) is 1.98. The van der Waals surface area contributed by atoms with E-state index in [4.69, 9.17) is 0 Å². The topological polar surface area (TPSA) is 27.8 Å². The zero-order valence-electron chi connectivity index (χ0n) is 11.5. The maximum absolute atomic E-state index is 3.54. The first-order valence-corrected chi connectivity index (χ1v) is 7.87. The van der Waals surface area contributed by atoms with Gasteiger partial charge in [0.1, 0.15) is 0 Å². The molecule has 3 heteroatoms. The molecule has 102 valence electrons. The number of benzene rings is 2. The average molecular weight is 282 g/mol. The van der Waals surface area contributed by atoms with Crippen molar-refractivity contribution in [2.24, 2.45) is 0 Å². The number of aromatic nitrogens is 1. The molecule has 0 radical (unpaired) electrons. The van der Waals surface area contributed by atoms with E-state index < -0.39 is 0 Å². The molecule has 0 aliphatic rings. The van der Waals surface area contributed by atoms with Gasteiger partial charge in [-0.2, -0.15) is 0 Å². The fourth-order valence-corrected chi connectivity index (χ4v) is 3.09. The van der Waals surface area contributed by atoms with Crippen LogP contribution in [0.4, 0.5) is 5.69 Å². The third-order valence-corrected chi connectivity index (χ3v) is 4.24. The van der Waals surface area contributed by atoms with Gasteiger partial charge in [-0.25, -0.2) is 0 Å². The Morgan fingerprint density at radius 2 is 2.00 bits per heavy atom. The van der Waals surface area contributed by atoms with Crippen LogP contribution in [0.5, 0.6) is 0 Å². The SMILES string of the molecule is CCSc1ccccc1NCc1ccc2[nH]ccc2c1. The molecule has 0 bridgehead atoms. The van der Waals surface area contributed by atoms with E-state index in [1.165, 1.54) is 27.0 Å². The van der Waals surface area contributed by atoms with E-state index in [0.717, 1.165) is 12.3 Å². The van der Waals surface area contributed by atoms with Crippen molar-refractivity contribution in [2.45, 2.75) is 18.4 Å². The number of thioether (sulfide) groups is 1. The molecule has 0 aliphatic heterocycles. The Morgan fingerprint density at radius 1 is 1.10 bits per heavy atom. The van der Waals surface area contributed by atoms with E-state index in [0.29, 0.717) is 0 Å². The number of aromatic amines is 1. The predicted octanol–water partition coefficient (Wildman–Crippen LogP) is 4.89. The summed E-state index contributed by atoms with van der Waals surface area (Å²) in [6, 6.07) is 17.1. The van der Waals surface area contributed by atoms with Crippen LogP contribution in [0.25, 0.3) is 10.9 Å². The summed E-state index contributed by atoms with van der Waals surface area (Å²) < 4.78 is 0. The Morgan fingerprint density at radius 3 is 2.90 bits per heavy atom. The molecule has 0 atom stereocenters. The van der Waals surface area contributed by atoms with Crippen LogP contribution in [-0.4, -0.2) is 10.7 Å². The minimum atomic E-state index is 0.850. The third kappa shape index (κ3) is 2.83. The summed E-state index contributed by atoms with van der Waals surface area (Å²) in [5.41, 5.74) is 3.71. The van der Waals surface area contributed by atoms with Crippen LogP contribution in [0.1, 0.15) is 12.5 Å². The van der Waals surface area contributed by atoms with E-state index in [9.17, 15) is 0 Å². The lowest BCUT2D eigenvalue weighted by Crippen LogP contribution is -2.00. The van der Waals surface area contributed by atoms with Crippen molar-refractivity contribution in [3.05, 3.63) is 60.3 Å². The Hall–Kier alpha value is -1.87. The van der Waals surface area contributed by atoms with Gasteiger partial charge in [0, 0.05) is 28.8 Å². The van der Waals surface area contributed by atoms with Gasteiger partial charge >= 0.3 is 0 Å². The van der Waals surface area contributed by atoms with Crippen LogP contribution < -0.4 is 5.32 Å². The molecular weight excluding hydrogens is 264 g/mol. The van der Waals surface area contributed by atoms with E-state index in [1.807, 2.05) is 18.0 Å². The van der Waals surface area contributed by atoms with Crippen molar-refractivity contribution < 1.29 is 0 Å². The third-order valence-electron chi connectivity index (χ3n) is 3.29. The summed E-state index contributed by atoms with van der Waals surface area (Å²) in [5.74, 6) is 1.09. The Bertz CT molecular complexity index is 703. The van der Waals surface area contributed by atoms with Crippen molar-refractivity contribution in [2.75, 3.05) is 11.1 Å². The maximum atomic E-state index is 3.54. The van der Waals surface area contributed by atoms with Gasteiger partial charge in [-0.15, -0.1) is 11.8 Å². The molecule has 0 unspecified atom stereocenters. The summed E-state index contributed by atoms with van der Waals surface area (Å²) in [5, 5.41) is 4.80. The lowest BCUT2D eigenvalue weighted by molar-refractivity contribution is 1.14. The van der Waals surface area contributed by atoms with Crippen molar-refractivity contribution in [3.63, 3.8) is 0 Å². The van der Waals surface area contributed by atoms with Crippen molar-refractivity contribution in [1.82, 2.24) is 4.98 Å². The van der Waals surface area contributed by atoms with Gasteiger partial charge in [0.25, 0.3) is 0 Å². The summed E-state index contributed by atoms with van der Waals surface area (Å²) in [6.45, 7) is 3.03. The minimum absolute atomic E-state index is 0.850. The molecule has 2 aromatic carbocycles. The number of hydrogen-bond acceptors (Lipinski definition) is 2. The summed E-state index contributed by atoms with van der Waals surface area (Å²) in [7, 11) is 0. The highest BCUT2D eigenvalue weighted by atomic mass is 32.2. The average Bonchev–Trinajstić information content (AvgIpc) is 2.94. The number of fused-ring (bicyclic) bond motifs is 1. The zero-order valence-corrected chi connectivity index (χ0v) is 12.3. The number of para-hydroxylation sites is 1. The van der Waals surface area contributed by atoms with Gasteiger partial charge in [-0.05, 0) is 47.0 Å². The van der Waals surface area contributed by atoms with Gasteiger partial charge in [0.05, 0.1) is 0 Å². The predicted molar refractivity (Wildman–Crippen MR) is 88.5 cm³/mol. The highest BCUT2D eigenvalue weighted by Crippen LogP contribution is 2.27. The Kier molecular flexibility index (Phi) is 3.97. The largest absolute Gasteiger partial charge is 0.380 e. The highest BCUT2D eigenvalue weighted by molar-refractivity contribution is 7.99. The van der Waals surface area contributed by atoms with Crippen LogP contribution in [0.2, 0.25) is 0 Å². The minimum Gasteiger partial charge on any atom is -0.380 e. The standard InChI is InChI=1S/C17H18N2S/c1-2-20-17-6-4-3-5-16(17)19-12-13-7-8-15-14(11-13)9-10-18-15/h3-11,18-19H,2,12H2,1H3. The van der Waals surface area contributed by atoms with Gasteiger partial charge < -0.3 is 10.3 Å². The van der Waals surface area contributed by atoms with Gasteiger partial charge in [-0.3, -0.25) is 0 Å². The van der Waals surface area contributed by atoms with Crippen molar-refractivity contribution in [3.8, 4) is 0 Å². The van der Waals surface area contributed by atoms with Crippen LogP contribution >= 0.6 is 11.8 Å². The second-order valence-electron chi connectivity index (χ2n) is 4.68. The second kappa shape index (κ2) is 6.06. The lowest BCUT2D eigenvalue weighted by Gasteiger charge is -2.11. The van der Waals surface area contributed by atoms with Crippen molar-refractivity contribution in [1.29, 1.82) is 0 Å². The Labute approximate surface area is 123 Å². The molecule has 2 nitrogen and oxygen atoms in total. The molecule has 0 saturated heterocycles. The summed E-state index contributed by atoms with van der Waals surface area (Å²) in [4.78, 5) is 4.54. The second-order valence-corrected chi connectivity index (χ2v) is 5.99. The Balaban J connectivity index is 1.75. The highest BCUT2D eigenvalue weighted by Gasteiger charge is 2.02. The van der Waals surface area contributed by atoms with E-state index in [2.05, 4.69) is 65.8 Å². The van der Waals surface area contributed by atoms with Gasteiger partial charge in [0.15, 0.2) is 0 Å². The maximum Gasteiger partial charge on any atom is 0.0481 e. The first kappa shape index (κ1) is 13.1. The van der Waals surface area contributed by atoms with E-state index in [-0.39, 0.29) is 0 Å². The monoisotopic (exact) mass is 282 g/mol. The number of rotatable bonds is 5. The molecule has 0 fully saturated rings. The van der Waals surface area contributed by atoms with Crippen molar-refractivity contribution >= 4 is 28.4 Å². The van der Waals surface area contributed by atoms with Gasteiger partial charge in [-0.1, -0.05) is 25.1 Å². The van der Waals surface area contributed by atoms with Crippen LogP contribution in [0, 0.1) is 0 Å². The number of nitrogens with one attached hydrogen (secondary N) is 2. The molecule has 20 heavy (non-hydrogen) atoms. The smallest absolute Gasteiger partial charge is 0.0481 e. The lowest BCUT2D eigenvalue weighted by atomic mass is 10.1. The van der Waals surface area contributed by atoms with Crippen LogP contribution in [-0.2, 0) is 6.54 Å². The zero-order chi connectivity index (χ0) is 13.8. The number of hydrogen-bond donors (Lipinski definition) is 2. The molecule has 0 aliphatic carbocycles. The first-order chi connectivity index (χ1) is 9.86. The van der Waals surface area contributed by atoms with E-state index in [1.54, 1.807) is 0 Å². The molecule has 2 N–H and O–H groups in total. The van der Waals surface area contributed by atoms with E-state index >= 15 is 0 Å². The quantitative estimate of drug-likeness (QED) is 0.652. The number of H-pyrrole nitrogens is 1. The molecule has 1 aromatic heterocycles. The molecule has 3 rings (SSSR count).